The zero-order chi connectivity index (χ0) is 19.8. The first-order valence-corrected chi connectivity index (χ1v) is 8.68. The number of benzene rings is 2. The van der Waals surface area contributed by atoms with Gasteiger partial charge in [0, 0.05) is 13.1 Å². The molecule has 0 heterocycles. The highest BCUT2D eigenvalue weighted by Gasteiger charge is 2.21. The number of rotatable bonds is 8. The van der Waals surface area contributed by atoms with E-state index in [1.807, 2.05) is 25.1 Å². The number of ether oxygens (including phenoxy) is 3. The van der Waals surface area contributed by atoms with Gasteiger partial charge in [-0.25, -0.2) is 0 Å². The quantitative estimate of drug-likeness (QED) is 0.714. The Hall–Kier alpha value is -3.20. The van der Waals surface area contributed by atoms with Gasteiger partial charge in [0.2, 0.25) is 0 Å². The van der Waals surface area contributed by atoms with Gasteiger partial charge in [-0.2, -0.15) is 5.26 Å². The molecule has 0 saturated carbocycles. The number of likely N-dealkylation sites (N-methyl/N-ethyl adjacent to an activating group) is 1. The van der Waals surface area contributed by atoms with Crippen LogP contribution in [-0.2, 0) is 11.3 Å². The molecule has 0 spiro atoms. The largest absolute Gasteiger partial charge is 0.493 e. The number of hydrogen-bond donors (Lipinski definition) is 0. The van der Waals surface area contributed by atoms with Crippen molar-refractivity contribution in [2.24, 2.45) is 0 Å². The molecule has 2 rings (SSSR count). The standard InChI is InChI=1S/C21H24N2O4/c1-5-23(14-17-8-11-19(25-3)20(12-17)26-4)21(24)15(2)27-18-9-6-16(13-22)7-10-18/h6-12,15H,5,14H2,1-4H3. The number of amides is 1. The lowest BCUT2D eigenvalue weighted by molar-refractivity contribution is -0.138. The molecule has 2 aromatic rings. The molecule has 27 heavy (non-hydrogen) atoms. The van der Waals surface area contributed by atoms with Crippen molar-refractivity contribution in [2.75, 3.05) is 20.8 Å². The molecule has 0 saturated heterocycles. The second-order valence-corrected chi connectivity index (χ2v) is 5.94. The van der Waals surface area contributed by atoms with E-state index in [9.17, 15) is 4.79 Å². The number of carbonyl (C=O) groups is 1. The molecule has 6 nitrogen and oxygen atoms in total. The van der Waals surface area contributed by atoms with Crippen molar-refractivity contribution in [1.82, 2.24) is 4.90 Å². The molecule has 0 radical (unpaired) electrons. The molecule has 0 aliphatic carbocycles. The van der Waals surface area contributed by atoms with E-state index in [2.05, 4.69) is 6.07 Å². The second kappa shape index (κ2) is 9.48. The molecular weight excluding hydrogens is 344 g/mol. The molecular formula is C21H24N2O4. The minimum atomic E-state index is -0.641. The van der Waals surface area contributed by atoms with Crippen LogP contribution in [0.5, 0.6) is 17.2 Å². The van der Waals surface area contributed by atoms with Gasteiger partial charge in [0.25, 0.3) is 5.91 Å². The predicted octanol–water partition coefficient (Wildman–Crippen LogP) is 3.39. The van der Waals surface area contributed by atoms with E-state index < -0.39 is 6.10 Å². The molecule has 0 N–H and O–H groups in total. The van der Waals surface area contributed by atoms with Crippen molar-refractivity contribution >= 4 is 5.91 Å². The molecule has 1 amide bonds. The molecule has 0 aliphatic heterocycles. The van der Waals surface area contributed by atoms with Gasteiger partial charge in [0.1, 0.15) is 5.75 Å². The van der Waals surface area contributed by atoms with Crippen LogP contribution in [0.2, 0.25) is 0 Å². The Kier molecular flexibility index (Phi) is 7.07. The van der Waals surface area contributed by atoms with Crippen LogP contribution in [0.3, 0.4) is 0 Å². The molecule has 0 bridgehead atoms. The van der Waals surface area contributed by atoms with Crippen LogP contribution in [0.15, 0.2) is 42.5 Å². The van der Waals surface area contributed by atoms with E-state index in [1.54, 1.807) is 50.3 Å². The Morgan fingerprint density at radius 3 is 2.33 bits per heavy atom. The fourth-order valence-electron chi connectivity index (χ4n) is 2.66. The topological polar surface area (TPSA) is 71.8 Å². The summed E-state index contributed by atoms with van der Waals surface area (Å²) in [4.78, 5) is 14.5. The number of carbonyl (C=O) groups excluding carboxylic acids is 1. The van der Waals surface area contributed by atoms with Crippen molar-refractivity contribution in [1.29, 1.82) is 5.26 Å². The Morgan fingerprint density at radius 2 is 1.78 bits per heavy atom. The molecule has 1 atom stereocenters. The average molecular weight is 368 g/mol. The van der Waals surface area contributed by atoms with Gasteiger partial charge in [-0.15, -0.1) is 0 Å². The molecule has 0 fully saturated rings. The summed E-state index contributed by atoms with van der Waals surface area (Å²) in [5, 5.41) is 8.85. The first kappa shape index (κ1) is 20.1. The highest BCUT2D eigenvalue weighted by molar-refractivity contribution is 5.81. The zero-order valence-electron chi connectivity index (χ0n) is 16.1. The second-order valence-electron chi connectivity index (χ2n) is 5.94. The average Bonchev–Trinajstić information content (AvgIpc) is 2.71. The maximum Gasteiger partial charge on any atom is 0.263 e. The van der Waals surface area contributed by atoms with Crippen LogP contribution >= 0.6 is 0 Å². The first-order chi connectivity index (χ1) is 13.0. The van der Waals surface area contributed by atoms with Crippen LogP contribution in [0, 0.1) is 11.3 Å². The van der Waals surface area contributed by atoms with Gasteiger partial charge in [-0.05, 0) is 55.8 Å². The van der Waals surface area contributed by atoms with Crippen molar-refractivity contribution in [2.45, 2.75) is 26.5 Å². The van der Waals surface area contributed by atoms with Crippen LogP contribution in [-0.4, -0.2) is 37.7 Å². The summed E-state index contributed by atoms with van der Waals surface area (Å²) in [5.41, 5.74) is 1.48. The Bertz CT molecular complexity index is 812. The number of nitrogens with zero attached hydrogens (tertiary/aromatic N) is 2. The van der Waals surface area contributed by atoms with Crippen molar-refractivity contribution in [3.05, 3.63) is 53.6 Å². The highest BCUT2D eigenvalue weighted by atomic mass is 16.5. The van der Waals surface area contributed by atoms with E-state index in [1.165, 1.54) is 0 Å². The number of methoxy groups -OCH3 is 2. The first-order valence-electron chi connectivity index (χ1n) is 8.68. The van der Waals surface area contributed by atoms with E-state index >= 15 is 0 Å². The van der Waals surface area contributed by atoms with Crippen LogP contribution in [0.4, 0.5) is 0 Å². The smallest absolute Gasteiger partial charge is 0.263 e. The van der Waals surface area contributed by atoms with Gasteiger partial charge < -0.3 is 19.1 Å². The lowest BCUT2D eigenvalue weighted by Crippen LogP contribution is -2.40. The van der Waals surface area contributed by atoms with Crippen LogP contribution < -0.4 is 14.2 Å². The summed E-state index contributed by atoms with van der Waals surface area (Å²) in [6.45, 7) is 4.63. The summed E-state index contributed by atoms with van der Waals surface area (Å²) in [7, 11) is 3.17. The summed E-state index contributed by atoms with van der Waals surface area (Å²) >= 11 is 0. The Morgan fingerprint density at radius 1 is 1.11 bits per heavy atom. The maximum absolute atomic E-state index is 12.8. The highest BCUT2D eigenvalue weighted by Crippen LogP contribution is 2.28. The van der Waals surface area contributed by atoms with Crippen molar-refractivity contribution < 1.29 is 19.0 Å². The van der Waals surface area contributed by atoms with Gasteiger partial charge in [-0.1, -0.05) is 6.07 Å². The van der Waals surface area contributed by atoms with Crippen LogP contribution in [0.25, 0.3) is 0 Å². The Balaban J connectivity index is 2.06. The predicted molar refractivity (Wildman–Crippen MR) is 102 cm³/mol. The van der Waals surface area contributed by atoms with E-state index in [4.69, 9.17) is 19.5 Å². The minimum absolute atomic E-state index is 0.114. The summed E-state index contributed by atoms with van der Waals surface area (Å²) in [6.07, 6.45) is -0.641. The molecule has 0 aliphatic rings. The van der Waals surface area contributed by atoms with Gasteiger partial charge in [0.15, 0.2) is 17.6 Å². The fourth-order valence-corrected chi connectivity index (χ4v) is 2.66. The normalized spacial score (nSPS) is 11.2. The summed E-state index contributed by atoms with van der Waals surface area (Å²) in [5.74, 6) is 1.71. The molecule has 6 heteroatoms. The third-order valence-corrected chi connectivity index (χ3v) is 4.16. The third-order valence-electron chi connectivity index (χ3n) is 4.16. The van der Waals surface area contributed by atoms with Gasteiger partial charge in [0.05, 0.1) is 25.9 Å². The minimum Gasteiger partial charge on any atom is -0.493 e. The third kappa shape index (κ3) is 5.14. The fraction of sp³-hybridized carbons (Fsp3) is 0.333. The maximum atomic E-state index is 12.8. The SMILES string of the molecule is CCN(Cc1ccc(OC)c(OC)c1)C(=O)C(C)Oc1ccc(C#N)cc1. The lowest BCUT2D eigenvalue weighted by Gasteiger charge is -2.25. The summed E-state index contributed by atoms with van der Waals surface area (Å²) < 4.78 is 16.3. The molecule has 2 aromatic carbocycles. The summed E-state index contributed by atoms with van der Waals surface area (Å²) in [6, 6.07) is 14.3. The van der Waals surface area contributed by atoms with Gasteiger partial charge >= 0.3 is 0 Å². The lowest BCUT2D eigenvalue weighted by atomic mass is 10.1. The van der Waals surface area contributed by atoms with E-state index in [0.29, 0.717) is 35.9 Å². The molecule has 142 valence electrons. The number of hydrogen-bond acceptors (Lipinski definition) is 5. The molecule has 1 unspecified atom stereocenters. The monoisotopic (exact) mass is 368 g/mol. The molecule has 0 aromatic heterocycles. The van der Waals surface area contributed by atoms with Crippen LogP contribution in [0.1, 0.15) is 25.0 Å². The Labute approximate surface area is 159 Å². The van der Waals surface area contributed by atoms with E-state index in [-0.39, 0.29) is 5.91 Å². The van der Waals surface area contributed by atoms with Crippen molar-refractivity contribution in [3.63, 3.8) is 0 Å². The zero-order valence-corrected chi connectivity index (χ0v) is 16.1. The van der Waals surface area contributed by atoms with Crippen molar-refractivity contribution in [3.8, 4) is 23.3 Å². The van der Waals surface area contributed by atoms with E-state index in [0.717, 1.165) is 5.56 Å². The number of nitriles is 1. The van der Waals surface area contributed by atoms with Gasteiger partial charge in [-0.3, -0.25) is 4.79 Å².